The summed E-state index contributed by atoms with van der Waals surface area (Å²) in [5.74, 6) is 0.0475. The topological polar surface area (TPSA) is 302 Å². The van der Waals surface area contributed by atoms with Gasteiger partial charge in [-0.15, -0.1) is 0 Å². The van der Waals surface area contributed by atoms with E-state index in [9.17, 15) is 38.7 Å². The molecule has 0 amide bonds. The molecule has 5 rings (SSSR count). The van der Waals surface area contributed by atoms with Crippen LogP contribution >= 0.6 is 15.6 Å². The number of nitrogens with zero attached hydrogens (tertiary/aromatic N) is 4. The lowest BCUT2D eigenvalue weighted by Crippen LogP contribution is -2.38. The number of aliphatic hydroxyl groups excluding tert-OH is 2. The summed E-state index contributed by atoms with van der Waals surface area (Å²) in [5.41, 5.74) is 6.09. The Morgan fingerprint density at radius 2 is 1.74 bits per heavy atom. The Morgan fingerprint density at radius 1 is 1.05 bits per heavy atom. The van der Waals surface area contributed by atoms with E-state index in [2.05, 4.69) is 33.0 Å². The molecule has 24 heteroatoms. The number of imidazole rings is 1. The first-order valence-electron chi connectivity index (χ1n) is 11.7. The molecule has 0 radical (unpaired) electrons. The molecule has 2 aromatic heterocycles. The van der Waals surface area contributed by atoms with E-state index in [0.29, 0.717) is 0 Å². The van der Waals surface area contributed by atoms with E-state index in [0.717, 1.165) is 13.4 Å². The number of carbonyl (C=O) groups excluding carboxylic acids is 2. The molecule has 0 saturated carbocycles. The molecular weight excluding hydrogens is 620 g/mol. The number of hydrogen-bond acceptors (Lipinski definition) is 19. The maximum absolute atomic E-state index is 12.4. The van der Waals surface area contributed by atoms with Crippen molar-refractivity contribution in [2.45, 2.75) is 49.1 Å². The van der Waals surface area contributed by atoms with Crippen LogP contribution in [0, 0.1) is 0 Å². The Balaban J connectivity index is 1.16. The molecule has 6 N–H and O–H groups in total. The number of hydrogen-bond donors (Lipinski definition) is 5. The summed E-state index contributed by atoms with van der Waals surface area (Å²) in [5, 5.41) is 20.9. The molecule has 3 aliphatic heterocycles. The zero-order valence-corrected chi connectivity index (χ0v) is 22.8. The molecule has 3 saturated heterocycles. The lowest BCUT2D eigenvalue weighted by atomic mass is 10.1. The first-order valence-corrected chi connectivity index (χ1v) is 14.7. The van der Waals surface area contributed by atoms with Crippen LogP contribution in [0.15, 0.2) is 12.7 Å². The van der Waals surface area contributed by atoms with Gasteiger partial charge in [-0.25, -0.2) is 33.7 Å². The summed E-state index contributed by atoms with van der Waals surface area (Å²) < 4.78 is 69.3. The van der Waals surface area contributed by atoms with Crippen molar-refractivity contribution < 1.29 is 80.5 Å². The Labute approximate surface area is 233 Å². The SMILES string of the molecule is COC(=O)O[C@H]1[C@H]2OC(=O)O[C@H]2O[C@@H]1COP(=O)(O)OP(=O)(O)OC[C@H]1O[C@@H](n2cnc3c(N)ncnc32)[C@H](O)[C@@H]1O. The molecule has 232 valence electrons. The maximum Gasteiger partial charge on any atom is 0.511 e. The van der Waals surface area contributed by atoms with Crippen molar-refractivity contribution in [1.29, 1.82) is 0 Å². The lowest BCUT2D eigenvalue weighted by molar-refractivity contribution is -0.103. The Morgan fingerprint density at radius 3 is 2.43 bits per heavy atom. The molecule has 2 unspecified atom stereocenters. The van der Waals surface area contributed by atoms with Gasteiger partial charge in [0.2, 0.25) is 12.4 Å². The van der Waals surface area contributed by atoms with Crippen molar-refractivity contribution in [3.63, 3.8) is 0 Å². The number of anilines is 1. The zero-order valence-electron chi connectivity index (χ0n) is 21.0. The standard InChI is InChI=1S/C18H23N5O17P2/c1-32-17(26)37-11-7(36-16-12(11)38-18(27)39-16)3-34-42(30,31)40-41(28,29)33-2-6-9(24)10(25)15(35-6)23-5-22-8-13(19)20-4-21-14(8)23/h4-7,9-12,15-16,24-25H,2-3H2,1H3,(H,28,29)(H,30,31)(H2,19,20,21)/t6-,7-,9-,10-,11-,12-,15-,16-/m1/s1. The molecule has 10 atom stereocenters. The third-order valence-electron chi connectivity index (χ3n) is 6.12. The number of ether oxygens (including phenoxy) is 6. The van der Waals surface area contributed by atoms with E-state index in [1.165, 1.54) is 10.9 Å². The van der Waals surface area contributed by atoms with Crippen molar-refractivity contribution in [1.82, 2.24) is 19.5 Å². The van der Waals surface area contributed by atoms with Crippen LogP contribution in [-0.2, 0) is 50.9 Å². The van der Waals surface area contributed by atoms with Gasteiger partial charge in [0.15, 0.2) is 23.8 Å². The van der Waals surface area contributed by atoms with Crippen LogP contribution in [0.5, 0.6) is 0 Å². The molecule has 0 aromatic carbocycles. The minimum Gasteiger partial charge on any atom is -0.438 e. The predicted molar refractivity (Wildman–Crippen MR) is 126 cm³/mol. The second-order valence-corrected chi connectivity index (χ2v) is 11.8. The van der Waals surface area contributed by atoms with Crippen molar-refractivity contribution in [3.8, 4) is 0 Å². The molecule has 42 heavy (non-hydrogen) atoms. The van der Waals surface area contributed by atoms with Crippen LogP contribution in [0.1, 0.15) is 6.23 Å². The Bertz CT molecular complexity index is 1440. The number of rotatable bonds is 10. The van der Waals surface area contributed by atoms with Crippen molar-refractivity contribution >= 4 is 44.9 Å². The number of fused-ring (bicyclic) bond motifs is 2. The fourth-order valence-corrected chi connectivity index (χ4v) is 6.34. The van der Waals surface area contributed by atoms with Crippen molar-refractivity contribution in [3.05, 3.63) is 12.7 Å². The highest BCUT2D eigenvalue weighted by atomic mass is 31.3. The molecule has 0 bridgehead atoms. The van der Waals surface area contributed by atoms with Crippen LogP contribution in [0.25, 0.3) is 11.2 Å². The Hall–Kier alpha value is -3.01. The van der Waals surface area contributed by atoms with Gasteiger partial charge in [0.25, 0.3) is 0 Å². The molecule has 0 aliphatic carbocycles. The van der Waals surface area contributed by atoms with E-state index >= 15 is 0 Å². The molecule has 5 heterocycles. The fourth-order valence-electron chi connectivity index (χ4n) is 4.25. The van der Waals surface area contributed by atoms with E-state index < -0.39 is 90.3 Å². The highest BCUT2D eigenvalue weighted by molar-refractivity contribution is 7.61. The summed E-state index contributed by atoms with van der Waals surface area (Å²) in [4.78, 5) is 54.7. The number of aromatic nitrogens is 4. The van der Waals surface area contributed by atoms with Crippen LogP contribution < -0.4 is 5.73 Å². The van der Waals surface area contributed by atoms with Crippen molar-refractivity contribution in [2.75, 3.05) is 26.1 Å². The van der Waals surface area contributed by atoms with Gasteiger partial charge in [0, 0.05) is 0 Å². The number of aliphatic hydroxyl groups is 2. The van der Waals surface area contributed by atoms with E-state index in [-0.39, 0.29) is 17.0 Å². The van der Waals surface area contributed by atoms with Crippen LogP contribution in [0.3, 0.4) is 0 Å². The maximum atomic E-state index is 12.4. The first kappa shape index (κ1) is 30.4. The largest absolute Gasteiger partial charge is 0.511 e. The van der Waals surface area contributed by atoms with Gasteiger partial charge in [-0.1, -0.05) is 0 Å². The summed E-state index contributed by atoms with van der Waals surface area (Å²) >= 11 is 0. The summed E-state index contributed by atoms with van der Waals surface area (Å²) in [6.07, 6.45) is -11.4. The van der Waals surface area contributed by atoms with Crippen molar-refractivity contribution in [2.24, 2.45) is 0 Å². The van der Waals surface area contributed by atoms with Gasteiger partial charge in [-0.05, 0) is 0 Å². The van der Waals surface area contributed by atoms with E-state index in [1.54, 1.807) is 0 Å². The molecule has 0 spiro atoms. The monoisotopic (exact) mass is 643 g/mol. The van der Waals surface area contributed by atoms with Gasteiger partial charge in [0.1, 0.15) is 36.3 Å². The number of nitrogens with two attached hydrogens (primary N) is 1. The molecule has 3 aliphatic rings. The van der Waals surface area contributed by atoms with Gasteiger partial charge >= 0.3 is 28.0 Å². The highest BCUT2D eigenvalue weighted by Gasteiger charge is 2.56. The number of carbonyl (C=O) groups is 2. The number of phosphoric ester groups is 2. The molecule has 3 fully saturated rings. The second-order valence-electron chi connectivity index (χ2n) is 8.77. The van der Waals surface area contributed by atoms with Crippen LogP contribution in [0.2, 0.25) is 0 Å². The average molecular weight is 643 g/mol. The first-order chi connectivity index (χ1) is 19.8. The van der Waals surface area contributed by atoms with Gasteiger partial charge < -0.3 is 54.2 Å². The smallest absolute Gasteiger partial charge is 0.438 e. The van der Waals surface area contributed by atoms with Gasteiger partial charge in [0.05, 0.1) is 26.7 Å². The minimum absolute atomic E-state index is 0.0475. The zero-order chi connectivity index (χ0) is 30.4. The lowest BCUT2D eigenvalue weighted by Gasteiger charge is -2.22. The molecule has 2 aromatic rings. The van der Waals surface area contributed by atoms with E-state index in [4.69, 9.17) is 29.4 Å². The van der Waals surface area contributed by atoms with Gasteiger partial charge in [-0.3, -0.25) is 13.6 Å². The van der Waals surface area contributed by atoms with Gasteiger partial charge in [-0.2, -0.15) is 4.31 Å². The normalized spacial score (nSPS) is 33.4. The third-order valence-corrected chi connectivity index (χ3v) is 8.72. The highest BCUT2D eigenvalue weighted by Crippen LogP contribution is 2.60. The molecular formula is C18H23N5O17P2. The van der Waals surface area contributed by atoms with Crippen LogP contribution in [0.4, 0.5) is 15.4 Å². The minimum atomic E-state index is -5.38. The summed E-state index contributed by atoms with van der Waals surface area (Å²) in [6.45, 7) is -1.80. The summed E-state index contributed by atoms with van der Waals surface area (Å²) in [6, 6.07) is 0. The summed E-state index contributed by atoms with van der Waals surface area (Å²) in [7, 11) is -9.76. The number of methoxy groups -OCH3 is 1. The number of phosphoric acid groups is 2. The third kappa shape index (κ3) is 6.19. The average Bonchev–Trinajstić information content (AvgIpc) is 3.65. The predicted octanol–water partition coefficient (Wildman–Crippen LogP) is -1.31. The molecule has 22 nitrogen and oxygen atoms in total. The second kappa shape index (κ2) is 11.6. The van der Waals surface area contributed by atoms with E-state index in [1.807, 2.05) is 0 Å². The Kier molecular flexibility index (Phi) is 8.40. The van der Waals surface area contributed by atoms with Crippen LogP contribution in [-0.4, -0.2) is 115 Å². The number of nitrogen functional groups attached to an aromatic ring is 1. The fraction of sp³-hybridized carbons (Fsp3) is 0.611. The quantitative estimate of drug-likeness (QED) is 0.148.